The zero-order valence-corrected chi connectivity index (χ0v) is 8.29. The van der Waals surface area contributed by atoms with E-state index < -0.39 is 0 Å². The minimum atomic E-state index is -0.276. The maximum absolute atomic E-state index is 9.72. The molecule has 0 amide bonds. The molecular weight excluding hydrogens is 174 g/mol. The van der Waals surface area contributed by atoms with Gasteiger partial charge < -0.3 is 5.11 Å². The van der Waals surface area contributed by atoms with Gasteiger partial charge in [0.15, 0.2) is 6.07 Å². The summed E-state index contributed by atoms with van der Waals surface area (Å²) >= 11 is 0. The van der Waals surface area contributed by atoms with Crippen molar-refractivity contribution in [3.05, 3.63) is 11.6 Å². The molecule has 0 spiro atoms. The number of aliphatic hydroxyl groups excluding tert-OH is 1. The monoisotopic (exact) mass is 189 g/mol. The summed E-state index contributed by atoms with van der Waals surface area (Å²) in [6, 6.07) is 1.78. The van der Waals surface area contributed by atoms with Crippen LogP contribution >= 0.6 is 0 Å². The highest BCUT2D eigenvalue weighted by molar-refractivity contribution is 5.16. The Labute approximate surface area is 85.2 Å². The number of hydrogen-bond donors (Lipinski definition) is 1. The van der Waals surface area contributed by atoms with Crippen molar-refractivity contribution in [2.45, 2.75) is 44.6 Å². The van der Waals surface area contributed by atoms with Crippen LogP contribution in [-0.2, 0) is 0 Å². The van der Waals surface area contributed by atoms with Gasteiger partial charge in [0.2, 0.25) is 0 Å². The van der Waals surface area contributed by atoms with E-state index in [-0.39, 0.29) is 6.10 Å². The van der Waals surface area contributed by atoms with Crippen molar-refractivity contribution in [1.82, 2.24) is 0 Å². The third-order valence-corrected chi connectivity index (χ3v) is 2.43. The average Bonchev–Trinajstić information content (AvgIpc) is 2.70. The number of aliphatic hydroxyl groups is 1. The number of nitrogens with zero attached hydrogens (tertiary/aromatic N) is 1. The van der Waals surface area contributed by atoms with Crippen LogP contribution in [0.1, 0.15) is 38.5 Å². The molecular formula is C12H15NO. The summed E-state index contributed by atoms with van der Waals surface area (Å²) in [6.45, 7) is 0. The fourth-order valence-corrected chi connectivity index (χ4v) is 1.67. The molecule has 1 atom stereocenters. The predicted octanol–water partition coefficient (Wildman–Crippen LogP) is 2.15. The van der Waals surface area contributed by atoms with E-state index >= 15 is 0 Å². The van der Waals surface area contributed by atoms with Crippen LogP contribution < -0.4 is 0 Å². The first-order valence-corrected chi connectivity index (χ1v) is 5.08. The van der Waals surface area contributed by atoms with Crippen molar-refractivity contribution in [2.75, 3.05) is 0 Å². The van der Waals surface area contributed by atoms with E-state index in [1.54, 1.807) is 6.07 Å². The van der Waals surface area contributed by atoms with Crippen LogP contribution in [0.25, 0.3) is 0 Å². The smallest absolute Gasteiger partial charge is 0.152 e. The van der Waals surface area contributed by atoms with Crippen molar-refractivity contribution in [3.63, 3.8) is 0 Å². The number of rotatable bonds is 4. The van der Waals surface area contributed by atoms with Gasteiger partial charge >= 0.3 is 0 Å². The van der Waals surface area contributed by atoms with Gasteiger partial charge in [-0.05, 0) is 37.7 Å². The van der Waals surface area contributed by atoms with Gasteiger partial charge in [0.1, 0.15) is 0 Å². The Morgan fingerprint density at radius 1 is 1.57 bits per heavy atom. The molecule has 1 aliphatic carbocycles. The highest BCUT2D eigenvalue weighted by Crippen LogP contribution is 2.23. The van der Waals surface area contributed by atoms with Crippen LogP contribution in [0.2, 0.25) is 0 Å². The zero-order valence-electron chi connectivity index (χ0n) is 8.29. The van der Waals surface area contributed by atoms with Gasteiger partial charge in [-0.15, -0.1) is 0 Å². The van der Waals surface area contributed by atoms with Crippen LogP contribution in [-0.4, -0.2) is 11.2 Å². The third-order valence-electron chi connectivity index (χ3n) is 2.43. The molecule has 1 aliphatic rings. The molecule has 0 aromatic heterocycles. The van der Waals surface area contributed by atoms with Gasteiger partial charge in [0.05, 0.1) is 6.10 Å². The van der Waals surface area contributed by atoms with Crippen LogP contribution in [0, 0.1) is 23.2 Å². The fourth-order valence-electron chi connectivity index (χ4n) is 1.67. The van der Waals surface area contributed by atoms with E-state index in [0.29, 0.717) is 6.42 Å². The van der Waals surface area contributed by atoms with E-state index in [9.17, 15) is 5.11 Å². The van der Waals surface area contributed by atoms with Crippen molar-refractivity contribution >= 4 is 0 Å². The molecule has 2 nitrogen and oxygen atoms in total. The van der Waals surface area contributed by atoms with Gasteiger partial charge in [-0.1, -0.05) is 12.0 Å². The molecule has 1 N–H and O–H groups in total. The lowest BCUT2D eigenvalue weighted by Crippen LogP contribution is -2.08. The van der Waals surface area contributed by atoms with E-state index in [1.807, 2.05) is 0 Å². The number of nitriles is 1. The molecule has 1 rings (SSSR count). The fraction of sp³-hybridized carbons (Fsp3) is 0.583. The summed E-state index contributed by atoms with van der Waals surface area (Å²) in [7, 11) is 0. The molecule has 0 aromatic carbocycles. The molecule has 0 heterocycles. The van der Waals surface area contributed by atoms with Crippen LogP contribution in [0.15, 0.2) is 11.6 Å². The highest BCUT2D eigenvalue weighted by atomic mass is 16.3. The van der Waals surface area contributed by atoms with Crippen molar-refractivity contribution in [3.8, 4) is 17.9 Å². The van der Waals surface area contributed by atoms with Crippen molar-refractivity contribution in [2.24, 2.45) is 0 Å². The van der Waals surface area contributed by atoms with E-state index in [2.05, 4.69) is 17.9 Å². The second-order valence-corrected chi connectivity index (χ2v) is 3.49. The first kappa shape index (κ1) is 10.8. The lowest BCUT2D eigenvalue weighted by molar-refractivity contribution is 0.195. The largest absolute Gasteiger partial charge is 0.389 e. The van der Waals surface area contributed by atoms with Gasteiger partial charge in [-0.2, -0.15) is 5.26 Å². The minimum Gasteiger partial charge on any atom is -0.389 e. The van der Waals surface area contributed by atoms with Crippen LogP contribution in [0.3, 0.4) is 0 Å². The van der Waals surface area contributed by atoms with Gasteiger partial charge in [0, 0.05) is 12.3 Å². The number of allylic oxidation sites excluding steroid dienone is 1. The Kier molecular flexibility index (Phi) is 4.83. The first-order chi connectivity index (χ1) is 6.84. The van der Waals surface area contributed by atoms with Crippen LogP contribution in [0.4, 0.5) is 0 Å². The summed E-state index contributed by atoms with van der Waals surface area (Å²) in [6.07, 6.45) is 7.55. The Morgan fingerprint density at radius 3 is 3.07 bits per heavy atom. The molecule has 0 saturated heterocycles. The molecule has 2 heteroatoms. The molecule has 14 heavy (non-hydrogen) atoms. The SMILES string of the molecule is N#CC#CCCCC(O)C1=CCCC1. The molecule has 0 aromatic rings. The normalized spacial score (nSPS) is 16.4. The Bertz CT molecular complexity index is 301. The molecule has 0 fully saturated rings. The second kappa shape index (κ2) is 6.24. The quantitative estimate of drug-likeness (QED) is 0.418. The summed E-state index contributed by atoms with van der Waals surface area (Å²) < 4.78 is 0. The minimum absolute atomic E-state index is 0.276. The standard InChI is InChI=1S/C12H15NO/c13-10-6-2-1-3-9-12(14)11-7-4-5-8-11/h7,12,14H,1,3-5,8-9H2. The topological polar surface area (TPSA) is 44.0 Å². The molecule has 0 radical (unpaired) electrons. The molecule has 0 aliphatic heterocycles. The Morgan fingerprint density at radius 2 is 2.43 bits per heavy atom. The Balaban J connectivity index is 2.15. The van der Waals surface area contributed by atoms with Gasteiger partial charge in [-0.3, -0.25) is 0 Å². The lowest BCUT2D eigenvalue weighted by atomic mass is 10.0. The van der Waals surface area contributed by atoms with Crippen molar-refractivity contribution < 1.29 is 5.11 Å². The zero-order chi connectivity index (χ0) is 10.2. The van der Waals surface area contributed by atoms with Gasteiger partial charge in [-0.25, -0.2) is 0 Å². The Hall–Kier alpha value is -1.25. The maximum Gasteiger partial charge on any atom is 0.152 e. The summed E-state index contributed by atoms with van der Waals surface area (Å²) in [4.78, 5) is 0. The second-order valence-electron chi connectivity index (χ2n) is 3.49. The van der Waals surface area contributed by atoms with Crippen LogP contribution in [0.5, 0.6) is 0 Å². The molecule has 0 saturated carbocycles. The van der Waals surface area contributed by atoms with E-state index in [4.69, 9.17) is 5.26 Å². The summed E-state index contributed by atoms with van der Waals surface area (Å²) in [5.74, 6) is 5.09. The lowest BCUT2D eigenvalue weighted by Gasteiger charge is -2.10. The summed E-state index contributed by atoms with van der Waals surface area (Å²) in [5, 5.41) is 17.9. The molecule has 0 bridgehead atoms. The maximum atomic E-state index is 9.72. The average molecular weight is 189 g/mol. The highest BCUT2D eigenvalue weighted by Gasteiger charge is 2.13. The number of unbranched alkanes of at least 4 members (excludes halogenated alkanes) is 1. The molecule has 74 valence electrons. The predicted molar refractivity (Wildman–Crippen MR) is 55.2 cm³/mol. The number of hydrogen-bond acceptors (Lipinski definition) is 2. The van der Waals surface area contributed by atoms with Crippen molar-refractivity contribution in [1.29, 1.82) is 5.26 Å². The third kappa shape index (κ3) is 3.64. The van der Waals surface area contributed by atoms with E-state index in [0.717, 1.165) is 25.7 Å². The van der Waals surface area contributed by atoms with E-state index in [1.165, 1.54) is 12.0 Å². The molecule has 1 unspecified atom stereocenters. The first-order valence-electron chi connectivity index (χ1n) is 5.08. The van der Waals surface area contributed by atoms with Gasteiger partial charge in [0.25, 0.3) is 0 Å². The summed E-state index contributed by atoms with van der Waals surface area (Å²) in [5.41, 5.74) is 1.19.